The van der Waals surface area contributed by atoms with Gasteiger partial charge in [0, 0.05) is 18.8 Å². The van der Waals surface area contributed by atoms with Gasteiger partial charge in [0.05, 0.1) is 46.2 Å². The first-order valence-corrected chi connectivity index (χ1v) is 23.4. The van der Waals surface area contributed by atoms with Gasteiger partial charge in [-0.2, -0.15) is 0 Å². The molecular formula is C54H61N9O2. The van der Waals surface area contributed by atoms with E-state index in [4.69, 9.17) is 21.4 Å². The molecule has 1 unspecified atom stereocenters. The summed E-state index contributed by atoms with van der Waals surface area (Å²) in [6.07, 6.45) is 5.36. The average molecular weight is 868 g/mol. The highest BCUT2D eigenvalue weighted by atomic mass is 16.2. The van der Waals surface area contributed by atoms with E-state index in [1.807, 2.05) is 84.3 Å². The second-order valence-electron chi connectivity index (χ2n) is 20.1. The summed E-state index contributed by atoms with van der Waals surface area (Å²) in [5, 5.41) is 0. The van der Waals surface area contributed by atoms with E-state index < -0.39 is 11.1 Å². The van der Waals surface area contributed by atoms with Crippen LogP contribution in [0.15, 0.2) is 121 Å². The van der Waals surface area contributed by atoms with Crippen molar-refractivity contribution < 1.29 is 9.59 Å². The highest BCUT2D eigenvalue weighted by Crippen LogP contribution is 2.48. The van der Waals surface area contributed by atoms with Crippen LogP contribution in [0.3, 0.4) is 0 Å². The minimum absolute atomic E-state index is 0.0305. The van der Waals surface area contributed by atoms with E-state index in [0.29, 0.717) is 13.1 Å². The van der Waals surface area contributed by atoms with Gasteiger partial charge in [-0.15, -0.1) is 0 Å². The summed E-state index contributed by atoms with van der Waals surface area (Å²) in [6.45, 7) is 11.7. The summed E-state index contributed by atoms with van der Waals surface area (Å²) < 4.78 is 0. The molecule has 10 rings (SSSR count). The standard InChI is InChI=1S/C54H61N9O2/c1-52(2,3)36-22-24-39(25-23-36)63-44(34-20-26-40-42(32-34)59-48(57-40)46-18-12-30-61(46)50(64)53(4,55)37-14-8-6-9-15-37)28-29-45(63)35-21-27-41-43(33-35)60-49(58-41)47-19-13-31-62(47)51(65)54(5,56)38-16-10-7-11-17-38/h6-11,14-17,20-27,32-33,44-47H,12-13,18-19,28-31,55-56H2,1-5H3,(H,57,59)(H,58,60)/t44-,45?,46+,47+,53-,54-/m1/s1. The minimum Gasteiger partial charge on any atom is -0.357 e. The fraction of sp³-hybridized carbons (Fsp3) is 0.370. The van der Waals surface area contributed by atoms with Crippen molar-refractivity contribution in [2.75, 3.05) is 18.0 Å². The van der Waals surface area contributed by atoms with Gasteiger partial charge in [0.15, 0.2) is 0 Å². The second-order valence-corrected chi connectivity index (χ2v) is 20.1. The van der Waals surface area contributed by atoms with Crippen molar-refractivity contribution in [1.82, 2.24) is 29.7 Å². The van der Waals surface area contributed by atoms with E-state index in [9.17, 15) is 9.59 Å². The third-order valence-corrected chi connectivity index (χ3v) is 14.5. The Morgan fingerprint density at radius 2 is 0.969 bits per heavy atom. The van der Waals surface area contributed by atoms with Gasteiger partial charge in [0.25, 0.3) is 0 Å². The fourth-order valence-corrected chi connectivity index (χ4v) is 10.8. The summed E-state index contributed by atoms with van der Waals surface area (Å²) in [5.41, 5.74) is 21.5. The topological polar surface area (TPSA) is 153 Å². The Bertz CT molecular complexity index is 2690. The van der Waals surface area contributed by atoms with E-state index in [-0.39, 0.29) is 41.4 Å². The Labute approximate surface area is 381 Å². The maximum atomic E-state index is 14.1. The van der Waals surface area contributed by atoms with Crippen LogP contribution in [0.1, 0.15) is 137 Å². The van der Waals surface area contributed by atoms with Crippen molar-refractivity contribution in [3.63, 3.8) is 0 Å². The predicted octanol–water partition coefficient (Wildman–Crippen LogP) is 9.89. The van der Waals surface area contributed by atoms with Gasteiger partial charge < -0.3 is 36.1 Å². The first-order chi connectivity index (χ1) is 31.2. The Morgan fingerprint density at radius 3 is 1.38 bits per heavy atom. The average Bonchev–Trinajstić information content (AvgIpc) is 4.17. The normalized spacial score (nSPS) is 22.2. The van der Waals surface area contributed by atoms with Gasteiger partial charge in [-0.25, -0.2) is 9.97 Å². The van der Waals surface area contributed by atoms with Crippen LogP contribution in [-0.2, 0) is 26.1 Å². The molecule has 11 heteroatoms. The minimum atomic E-state index is -1.14. The van der Waals surface area contributed by atoms with Crippen LogP contribution in [0.4, 0.5) is 5.69 Å². The number of H-pyrrole nitrogens is 2. The van der Waals surface area contributed by atoms with Crippen molar-refractivity contribution in [3.8, 4) is 0 Å². The molecule has 334 valence electrons. The Hall–Kier alpha value is -6.30. The summed E-state index contributed by atoms with van der Waals surface area (Å²) >= 11 is 0. The number of benzene rings is 5. The smallest absolute Gasteiger partial charge is 0.247 e. The van der Waals surface area contributed by atoms with Gasteiger partial charge in [0.2, 0.25) is 11.8 Å². The predicted molar refractivity (Wildman–Crippen MR) is 258 cm³/mol. The molecular weight excluding hydrogens is 807 g/mol. The molecule has 6 atom stereocenters. The first kappa shape index (κ1) is 42.6. The highest BCUT2D eigenvalue weighted by molar-refractivity contribution is 5.89. The number of anilines is 1. The lowest BCUT2D eigenvalue weighted by atomic mass is 9.87. The number of aromatic nitrogens is 4. The molecule has 5 aromatic carbocycles. The maximum absolute atomic E-state index is 14.1. The zero-order chi connectivity index (χ0) is 45.3. The Balaban J connectivity index is 0.947. The van der Waals surface area contributed by atoms with Gasteiger partial charge in [0.1, 0.15) is 22.7 Å². The zero-order valence-electron chi connectivity index (χ0n) is 38.2. The second kappa shape index (κ2) is 16.3. The number of aromatic amines is 2. The summed E-state index contributed by atoms with van der Waals surface area (Å²) in [7, 11) is 0. The number of rotatable bonds is 9. The van der Waals surface area contributed by atoms with Crippen LogP contribution in [0.2, 0.25) is 0 Å². The molecule has 65 heavy (non-hydrogen) atoms. The quantitative estimate of drug-likeness (QED) is 0.113. The molecule has 3 aliphatic rings. The van der Waals surface area contributed by atoms with Crippen molar-refractivity contribution in [2.24, 2.45) is 11.5 Å². The lowest BCUT2D eigenvalue weighted by Gasteiger charge is -2.34. The number of nitrogens with two attached hydrogens (primary N) is 2. The van der Waals surface area contributed by atoms with Crippen molar-refractivity contribution in [2.45, 2.75) is 114 Å². The number of amides is 2. The lowest BCUT2D eigenvalue weighted by Crippen LogP contribution is -2.50. The first-order valence-electron chi connectivity index (χ1n) is 23.4. The molecule has 11 nitrogen and oxygen atoms in total. The number of nitrogens with one attached hydrogen (secondary N) is 2. The molecule has 3 aliphatic heterocycles. The van der Waals surface area contributed by atoms with Gasteiger partial charge in [-0.05, 0) is 122 Å². The third kappa shape index (κ3) is 7.68. The number of imidazole rings is 2. The molecule has 0 aliphatic carbocycles. The summed E-state index contributed by atoms with van der Waals surface area (Å²) in [6, 6.07) is 41.5. The highest BCUT2D eigenvalue weighted by Gasteiger charge is 2.43. The van der Waals surface area contributed by atoms with E-state index in [1.165, 1.54) is 22.4 Å². The van der Waals surface area contributed by atoms with Gasteiger partial charge >= 0.3 is 0 Å². The van der Waals surface area contributed by atoms with E-state index in [2.05, 4.69) is 96.3 Å². The van der Waals surface area contributed by atoms with Crippen molar-refractivity contribution in [3.05, 3.63) is 161 Å². The molecule has 2 amide bonds. The molecule has 3 fully saturated rings. The lowest BCUT2D eigenvalue weighted by molar-refractivity contribution is -0.138. The maximum Gasteiger partial charge on any atom is 0.247 e. The molecule has 5 heterocycles. The molecule has 0 saturated carbocycles. The number of fused-ring (bicyclic) bond motifs is 2. The number of hydrogen-bond donors (Lipinski definition) is 4. The van der Waals surface area contributed by atoms with Crippen LogP contribution in [0.25, 0.3) is 22.1 Å². The number of hydrogen-bond acceptors (Lipinski definition) is 7. The van der Waals surface area contributed by atoms with E-state index in [0.717, 1.165) is 83.4 Å². The molecule has 7 aromatic rings. The molecule has 6 N–H and O–H groups in total. The number of carbonyl (C=O) groups excluding carboxylic acids is 2. The van der Waals surface area contributed by atoms with Crippen LogP contribution >= 0.6 is 0 Å². The van der Waals surface area contributed by atoms with E-state index in [1.54, 1.807) is 0 Å². The SMILES string of the molecule is CC(C)(C)c1ccc(N2C(c3ccc4nc([C@@H]5CCCN5C(=O)[C@](C)(N)c5ccccc5)[nH]c4c3)CC[C@@H]2c2ccc3nc([C@@H]4CCCN4C(=O)[C@](C)(N)c4ccccc4)[nH]c3c2)cc1. The largest absolute Gasteiger partial charge is 0.357 e. The summed E-state index contributed by atoms with van der Waals surface area (Å²) in [5.74, 6) is 1.43. The number of nitrogens with zero attached hydrogens (tertiary/aromatic N) is 5. The van der Waals surface area contributed by atoms with Crippen LogP contribution in [0.5, 0.6) is 0 Å². The zero-order valence-corrected chi connectivity index (χ0v) is 38.2. The van der Waals surface area contributed by atoms with Crippen LogP contribution < -0.4 is 16.4 Å². The molecule has 0 bridgehead atoms. The summed E-state index contributed by atoms with van der Waals surface area (Å²) in [4.78, 5) is 52.1. The van der Waals surface area contributed by atoms with E-state index >= 15 is 0 Å². The van der Waals surface area contributed by atoms with Crippen molar-refractivity contribution >= 4 is 39.6 Å². The number of likely N-dealkylation sites (tertiary alicyclic amines) is 2. The molecule has 3 saturated heterocycles. The fourth-order valence-electron chi connectivity index (χ4n) is 10.8. The van der Waals surface area contributed by atoms with Crippen LogP contribution in [0, 0.1) is 0 Å². The third-order valence-electron chi connectivity index (χ3n) is 14.5. The van der Waals surface area contributed by atoms with Crippen LogP contribution in [-0.4, -0.2) is 54.6 Å². The Kier molecular flexibility index (Phi) is 10.7. The van der Waals surface area contributed by atoms with Crippen molar-refractivity contribution in [1.29, 1.82) is 0 Å². The molecule has 0 spiro atoms. The number of carbonyl (C=O) groups is 2. The monoisotopic (exact) mass is 867 g/mol. The van der Waals surface area contributed by atoms with Gasteiger partial charge in [-0.1, -0.05) is 106 Å². The van der Waals surface area contributed by atoms with Gasteiger partial charge in [-0.3, -0.25) is 9.59 Å². The molecule has 0 radical (unpaired) electrons. The Morgan fingerprint density at radius 1 is 0.538 bits per heavy atom. The molecule has 2 aromatic heterocycles.